The Hall–Kier alpha value is -0.510. The first-order valence-corrected chi connectivity index (χ1v) is 6.41. The molecule has 1 aromatic carbocycles. The van der Waals surface area contributed by atoms with E-state index in [1.807, 2.05) is 0 Å². The standard InChI is InChI=1S/C11H11Cl3FNO/c12-3-5-16(6-4-13)11(17)8-1-2-9(14)10(15)7-8/h1-2,7H,3-6H2. The molecule has 0 atom stereocenters. The molecule has 0 unspecified atom stereocenters. The van der Waals surface area contributed by atoms with Crippen molar-refractivity contribution in [2.45, 2.75) is 0 Å². The molecule has 0 bridgehead atoms. The van der Waals surface area contributed by atoms with Gasteiger partial charge in [-0.15, -0.1) is 23.2 Å². The minimum atomic E-state index is -0.616. The predicted octanol–water partition coefficient (Wildman–Crippen LogP) is 3.40. The van der Waals surface area contributed by atoms with Crippen LogP contribution < -0.4 is 0 Å². The zero-order chi connectivity index (χ0) is 12.8. The van der Waals surface area contributed by atoms with Gasteiger partial charge in [0.05, 0.1) is 5.02 Å². The van der Waals surface area contributed by atoms with Crippen molar-refractivity contribution in [2.75, 3.05) is 24.8 Å². The average molecular weight is 299 g/mol. The summed E-state index contributed by atoms with van der Waals surface area (Å²) >= 11 is 16.7. The largest absolute Gasteiger partial charge is 0.336 e. The molecule has 1 rings (SSSR count). The van der Waals surface area contributed by atoms with Gasteiger partial charge in [-0.1, -0.05) is 11.6 Å². The van der Waals surface area contributed by atoms with Crippen molar-refractivity contribution >= 4 is 40.7 Å². The molecule has 94 valence electrons. The lowest BCUT2D eigenvalue weighted by Crippen LogP contribution is -2.34. The van der Waals surface area contributed by atoms with Gasteiger partial charge in [-0.25, -0.2) is 4.39 Å². The molecule has 0 heterocycles. The summed E-state index contributed by atoms with van der Waals surface area (Å²) in [4.78, 5) is 13.5. The van der Waals surface area contributed by atoms with Gasteiger partial charge in [0.25, 0.3) is 5.91 Å². The van der Waals surface area contributed by atoms with Crippen molar-refractivity contribution in [3.05, 3.63) is 34.6 Å². The van der Waals surface area contributed by atoms with E-state index in [9.17, 15) is 9.18 Å². The van der Waals surface area contributed by atoms with Gasteiger partial charge in [-0.05, 0) is 18.2 Å². The summed E-state index contributed by atoms with van der Waals surface area (Å²) < 4.78 is 13.2. The monoisotopic (exact) mass is 297 g/mol. The second kappa shape index (κ2) is 7.04. The Labute approximate surface area is 114 Å². The molecule has 1 amide bonds. The molecule has 6 heteroatoms. The van der Waals surface area contributed by atoms with Crippen LogP contribution >= 0.6 is 34.8 Å². The van der Waals surface area contributed by atoms with E-state index in [-0.39, 0.29) is 16.5 Å². The van der Waals surface area contributed by atoms with E-state index in [2.05, 4.69) is 0 Å². The second-order valence-electron chi connectivity index (χ2n) is 3.30. The molecule has 0 aromatic heterocycles. The number of benzene rings is 1. The number of halogens is 4. The minimum absolute atomic E-state index is 0.0113. The fourth-order valence-corrected chi connectivity index (χ4v) is 1.86. The first-order chi connectivity index (χ1) is 8.10. The maximum atomic E-state index is 13.2. The summed E-state index contributed by atoms with van der Waals surface area (Å²) in [5, 5.41) is -0.0113. The molecule has 1 aromatic rings. The first kappa shape index (κ1) is 14.6. The highest BCUT2D eigenvalue weighted by atomic mass is 35.5. The molecule has 0 saturated carbocycles. The Kier molecular flexibility index (Phi) is 6.03. The smallest absolute Gasteiger partial charge is 0.254 e. The zero-order valence-electron chi connectivity index (χ0n) is 8.93. The third-order valence-corrected chi connectivity index (χ3v) is 2.81. The van der Waals surface area contributed by atoms with Crippen molar-refractivity contribution < 1.29 is 9.18 Å². The van der Waals surface area contributed by atoms with E-state index >= 15 is 0 Å². The van der Waals surface area contributed by atoms with Crippen LogP contribution in [0.5, 0.6) is 0 Å². The Morgan fingerprint density at radius 2 is 1.82 bits per heavy atom. The number of alkyl halides is 2. The third-order valence-electron chi connectivity index (χ3n) is 2.16. The van der Waals surface area contributed by atoms with E-state index in [0.717, 1.165) is 6.07 Å². The fraction of sp³-hybridized carbons (Fsp3) is 0.364. The second-order valence-corrected chi connectivity index (χ2v) is 4.46. The molecule has 0 fully saturated rings. The lowest BCUT2D eigenvalue weighted by atomic mass is 10.2. The molecule has 0 saturated heterocycles. The van der Waals surface area contributed by atoms with Gasteiger partial charge in [0, 0.05) is 30.4 Å². The molecule has 0 aliphatic heterocycles. The van der Waals surface area contributed by atoms with E-state index in [1.54, 1.807) is 0 Å². The van der Waals surface area contributed by atoms with Crippen LogP contribution in [0.15, 0.2) is 18.2 Å². The Balaban J connectivity index is 2.88. The summed E-state index contributed by atoms with van der Waals surface area (Å²) in [6.45, 7) is 0.745. The van der Waals surface area contributed by atoms with Crippen LogP contribution in [-0.2, 0) is 0 Å². The molecule has 0 spiro atoms. The van der Waals surface area contributed by atoms with Gasteiger partial charge in [-0.3, -0.25) is 4.79 Å². The van der Waals surface area contributed by atoms with Gasteiger partial charge in [0.15, 0.2) is 0 Å². The van der Waals surface area contributed by atoms with Crippen molar-refractivity contribution in [2.24, 2.45) is 0 Å². The van der Waals surface area contributed by atoms with Gasteiger partial charge >= 0.3 is 0 Å². The summed E-state index contributed by atoms with van der Waals surface area (Å²) in [5.41, 5.74) is 0.238. The van der Waals surface area contributed by atoms with Crippen LogP contribution in [-0.4, -0.2) is 35.7 Å². The summed E-state index contributed by atoms with van der Waals surface area (Å²) in [6.07, 6.45) is 0. The Morgan fingerprint density at radius 3 is 2.29 bits per heavy atom. The topological polar surface area (TPSA) is 20.3 Å². The summed E-state index contributed by atoms with van der Waals surface area (Å²) in [7, 11) is 0. The van der Waals surface area contributed by atoms with Gasteiger partial charge in [0.2, 0.25) is 0 Å². The number of nitrogens with zero attached hydrogens (tertiary/aromatic N) is 1. The van der Waals surface area contributed by atoms with Gasteiger partial charge < -0.3 is 4.90 Å². The third kappa shape index (κ3) is 4.02. The number of hydrogen-bond donors (Lipinski definition) is 0. The van der Waals surface area contributed by atoms with Crippen molar-refractivity contribution in [3.63, 3.8) is 0 Å². The molecule has 0 aliphatic carbocycles. The van der Waals surface area contributed by atoms with Crippen molar-refractivity contribution in [1.29, 1.82) is 0 Å². The van der Waals surface area contributed by atoms with E-state index in [0.29, 0.717) is 24.8 Å². The SMILES string of the molecule is O=C(c1ccc(Cl)c(F)c1)N(CCCl)CCCl. The highest BCUT2D eigenvalue weighted by Crippen LogP contribution is 2.16. The van der Waals surface area contributed by atoms with Crippen LogP contribution in [0.3, 0.4) is 0 Å². The molecule has 2 nitrogen and oxygen atoms in total. The lowest BCUT2D eigenvalue weighted by molar-refractivity contribution is 0.0774. The zero-order valence-corrected chi connectivity index (χ0v) is 11.2. The van der Waals surface area contributed by atoms with Crippen LogP contribution in [0, 0.1) is 5.82 Å². The summed E-state index contributed by atoms with van der Waals surface area (Å²) in [6, 6.07) is 3.94. The summed E-state index contributed by atoms with van der Waals surface area (Å²) in [5.74, 6) is -0.312. The molecular weight excluding hydrogens is 287 g/mol. The first-order valence-electron chi connectivity index (χ1n) is 4.96. The van der Waals surface area contributed by atoms with E-state index in [4.69, 9.17) is 34.8 Å². The minimum Gasteiger partial charge on any atom is -0.336 e. The molecular formula is C11H11Cl3FNO. The number of hydrogen-bond acceptors (Lipinski definition) is 1. The fourth-order valence-electron chi connectivity index (χ4n) is 1.33. The van der Waals surface area contributed by atoms with Crippen LogP contribution in [0.2, 0.25) is 5.02 Å². The quantitative estimate of drug-likeness (QED) is 0.763. The lowest BCUT2D eigenvalue weighted by Gasteiger charge is -2.20. The van der Waals surface area contributed by atoms with Crippen molar-refractivity contribution in [3.8, 4) is 0 Å². The van der Waals surface area contributed by atoms with Gasteiger partial charge in [-0.2, -0.15) is 0 Å². The normalized spacial score (nSPS) is 10.4. The average Bonchev–Trinajstić information content (AvgIpc) is 2.31. The molecule has 0 radical (unpaired) electrons. The van der Waals surface area contributed by atoms with Crippen molar-refractivity contribution in [1.82, 2.24) is 4.90 Å². The highest BCUT2D eigenvalue weighted by molar-refractivity contribution is 6.30. The van der Waals surface area contributed by atoms with E-state index in [1.165, 1.54) is 17.0 Å². The predicted molar refractivity (Wildman–Crippen MR) is 68.8 cm³/mol. The number of carbonyl (C=O) groups is 1. The van der Waals surface area contributed by atoms with Gasteiger partial charge in [0.1, 0.15) is 5.82 Å². The van der Waals surface area contributed by atoms with Crippen LogP contribution in [0.25, 0.3) is 0 Å². The Morgan fingerprint density at radius 1 is 1.24 bits per heavy atom. The number of carbonyl (C=O) groups excluding carboxylic acids is 1. The molecule has 17 heavy (non-hydrogen) atoms. The molecule has 0 aliphatic rings. The Bertz CT molecular complexity index is 394. The van der Waals surface area contributed by atoms with Crippen LogP contribution in [0.4, 0.5) is 4.39 Å². The number of rotatable bonds is 5. The van der Waals surface area contributed by atoms with Crippen LogP contribution in [0.1, 0.15) is 10.4 Å². The number of amides is 1. The maximum absolute atomic E-state index is 13.2. The highest BCUT2D eigenvalue weighted by Gasteiger charge is 2.16. The maximum Gasteiger partial charge on any atom is 0.254 e. The molecule has 0 N–H and O–H groups in total. The van der Waals surface area contributed by atoms with E-state index < -0.39 is 5.82 Å².